The van der Waals surface area contributed by atoms with Crippen molar-refractivity contribution in [3.05, 3.63) is 0 Å². The maximum absolute atomic E-state index is 10.3. The van der Waals surface area contributed by atoms with Crippen molar-refractivity contribution in [2.75, 3.05) is 0 Å². The van der Waals surface area contributed by atoms with Gasteiger partial charge in [-0.25, -0.2) is 0 Å². The number of hydrogen-bond donors (Lipinski definition) is 0. The Balaban J connectivity index is 2.43. The topological polar surface area (TPSA) is 20.3 Å². The third-order valence-corrected chi connectivity index (χ3v) is 2.19. The lowest BCUT2D eigenvalue weighted by molar-refractivity contribution is -0.135. The minimum absolute atomic E-state index is 0.188. The fourth-order valence-corrected chi connectivity index (χ4v) is 0.843. The van der Waals surface area contributed by atoms with E-state index in [9.17, 15) is 4.79 Å². The zero-order valence-electron chi connectivity index (χ0n) is 4.02. The summed E-state index contributed by atoms with van der Waals surface area (Å²) in [6.07, 6.45) is 0.700. The van der Waals surface area contributed by atoms with E-state index in [1.807, 2.05) is 6.92 Å². The predicted octanol–water partition coefficient (Wildman–Crippen LogP) is 0.917. The second-order valence-electron chi connectivity index (χ2n) is 1.76. The molecule has 3 heteroatoms. The van der Waals surface area contributed by atoms with Crippen LogP contribution in [0.25, 0.3) is 0 Å². The van der Waals surface area contributed by atoms with Crippen LogP contribution in [0.15, 0.2) is 0 Å². The van der Waals surface area contributed by atoms with Crippen LogP contribution in [-0.4, -0.2) is 15.9 Å². The first-order valence-corrected chi connectivity index (χ1v) is 2.90. The Morgan fingerprint density at radius 3 is 2.57 bits per heavy atom. The van der Waals surface area contributed by atoms with E-state index in [2.05, 4.69) is 16.1 Å². The van der Waals surface area contributed by atoms with Gasteiger partial charge in [0.25, 0.3) is 0 Å². The maximum atomic E-state index is 10.3. The van der Waals surface area contributed by atoms with Crippen LogP contribution < -0.4 is 0 Å². The molecule has 1 saturated heterocycles. The van der Waals surface area contributed by atoms with E-state index in [0.717, 1.165) is 0 Å². The summed E-state index contributed by atoms with van der Waals surface area (Å²) in [5.41, 5.74) is 0. The second kappa shape index (κ2) is 1.47. The standard InChI is InChI=1S/C4H6BrNO/c1-3-2-4(7)6(3)5/h3H,2H2,1H3. The Morgan fingerprint density at radius 1 is 2.00 bits per heavy atom. The van der Waals surface area contributed by atoms with Crippen molar-refractivity contribution in [1.82, 2.24) is 3.93 Å². The molecular formula is C4H6BrNO. The molecule has 1 atom stereocenters. The number of β-lactam (4-membered cyclic amide) rings is 1. The normalized spacial score (nSPS) is 30.3. The van der Waals surface area contributed by atoms with Gasteiger partial charge >= 0.3 is 0 Å². The maximum Gasteiger partial charge on any atom is 0.234 e. The van der Waals surface area contributed by atoms with Crippen LogP contribution in [0.4, 0.5) is 0 Å². The van der Waals surface area contributed by atoms with Gasteiger partial charge in [-0.05, 0) is 6.92 Å². The number of halogens is 1. The van der Waals surface area contributed by atoms with E-state index in [4.69, 9.17) is 0 Å². The minimum Gasteiger partial charge on any atom is -0.276 e. The Bertz CT molecular complexity index is 104. The summed E-state index contributed by atoms with van der Waals surface area (Å²) in [7, 11) is 0. The number of hydrogen-bond acceptors (Lipinski definition) is 1. The van der Waals surface area contributed by atoms with Gasteiger partial charge in [-0.1, -0.05) is 0 Å². The summed E-state index contributed by atoms with van der Waals surface area (Å²) < 4.78 is 1.56. The van der Waals surface area contributed by atoms with Gasteiger partial charge < -0.3 is 0 Å². The van der Waals surface area contributed by atoms with Gasteiger partial charge in [-0.15, -0.1) is 0 Å². The molecule has 0 bridgehead atoms. The molecule has 0 radical (unpaired) electrons. The lowest BCUT2D eigenvalue weighted by Crippen LogP contribution is -2.43. The summed E-state index contributed by atoms with van der Waals surface area (Å²) in [4.78, 5) is 10.3. The molecule has 0 spiro atoms. The molecule has 0 saturated carbocycles. The fourth-order valence-electron chi connectivity index (χ4n) is 0.553. The molecule has 0 N–H and O–H groups in total. The van der Waals surface area contributed by atoms with E-state index in [-0.39, 0.29) is 5.91 Å². The first kappa shape index (κ1) is 5.09. The van der Waals surface area contributed by atoms with Gasteiger partial charge in [0.1, 0.15) is 0 Å². The first-order valence-electron chi connectivity index (χ1n) is 2.19. The second-order valence-corrected chi connectivity index (χ2v) is 2.52. The number of carbonyl (C=O) groups is 1. The summed E-state index contributed by atoms with van der Waals surface area (Å²) in [5, 5.41) is 0. The summed E-state index contributed by atoms with van der Waals surface area (Å²) in [6.45, 7) is 2.00. The average Bonchev–Trinajstić information content (AvgIpc) is 1.68. The van der Waals surface area contributed by atoms with Crippen LogP contribution >= 0.6 is 16.1 Å². The molecule has 1 aliphatic rings. The molecule has 1 amide bonds. The molecule has 1 fully saturated rings. The van der Waals surface area contributed by atoms with Crippen molar-refractivity contribution in [2.45, 2.75) is 19.4 Å². The molecule has 1 rings (SSSR count). The summed E-state index contributed by atoms with van der Waals surface area (Å²) in [6, 6.07) is 0.410. The molecule has 7 heavy (non-hydrogen) atoms. The number of amides is 1. The molecule has 2 nitrogen and oxygen atoms in total. The van der Waals surface area contributed by atoms with E-state index < -0.39 is 0 Å². The predicted molar refractivity (Wildman–Crippen MR) is 29.9 cm³/mol. The third kappa shape index (κ3) is 0.650. The van der Waals surface area contributed by atoms with Crippen molar-refractivity contribution in [3.63, 3.8) is 0 Å². The highest BCUT2D eigenvalue weighted by molar-refractivity contribution is 9.07. The van der Waals surface area contributed by atoms with Crippen molar-refractivity contribution in [2.24, 2.45) is 0 Å². The highest BCUT2D eigenvalue weighted by atomic mass is 79.9. The molecule has 0 aromatic rings. The zero-order valence-corrected chi connectivity index (χ0v) is 5.60. The monoisotopic (exact) mass is 163 g/mol. The van der Waals surface area contributed by atoms with E-state index in [0.29, 0.717) is 12.5 Å². The Kier molecular flexibility index (Phi) is 1.07. The third-order valence-electron chi connectivity index (χ3n) is 1.10. The van der Waals surface area contributed by atoms with E-state index >= 15 is 0 Å². The molecule has 0 aliphatic carbocycles. The lowest BCUT2D eigenvalue weighted by Gasteiger charge is -2.31. The Morgan fingerprint density at radius 2 is 2.57 bits per heavy atom. The van der Waals surface area contributed by atoms with E-state index in [1.165, 1.54) is 0 Å². The average molecular weight is 164 g/mol. The highest BCUT2D eigenvalue weighted by Gasteiger charge is 2.29. The van der Waals surface area contributed by atoms with Crippen molar-refractivity contribution in [3.8, 4) is 0 Å². The van der Waals surface area contributed by atoms with Crippen LogP contribution in [0.2, 0.25) is 0 Å². The molecule has 0 aromatic carbocycles. The highest BCUT2D eigenvalue weighted by Crippen LogP contribution is 2.21. The van der Waals surface area contributed by atoms with Gasteiger partial charge in [0.05, 0.1) is 16.1 Å². The van der Waals surface area contributed by atoms with Gasteiger partial charge in [0.2, 0.25) is 5.91 Å². The Hall–Kier alpha value is -0.0500. The number of carbonyl (C=O) groups excluding carboxylic acids is 1. The smallest absolute Gasteiger partial charge is 0.234 e. The van der Waals surface area contributed by atoms with Crippen LogP contribution in [0.3, 0.4) is 0 Å². The summed E-state index contributed by atoms with van der Waals surface area (Å²) in [5.74, 6) is 0.188. The van der Waals surface area contributed by atoms with E-state index in [1.54, 1.807) is 3.93 Å². The largest absolute Gasteiger partial charge is 0.276 e. The Labute approximate surface area is 50.8 Å². The van der Waals surface area contributed by atoms with Gasteiger partial charge in [-0.2, -0.15) is 0 Å². The molecule has 40 valence electrons. The molecular weight excluding hydrogens is 158 g/mol. The molecule has 1 aliphatic heterocycles. The quantitative estimate of drug-likeness (QED) is 0.385. The fraction of sp³-hybridized carbons (Fsp3) is 0.750. The number of rotatable bonds is 0. The minimum atomic E-state index is 0.188. The lowest BCUT2D eigenvalue weighted by atomic mass is 10.1. The van der Waals surface area contributed by atoms with Gasteiger partial charge in [0.15, 0.2) is 0 Å². The zero-order chi connectivity index (χ0) is 5.44. The van der Waals surface area contributed by atoms with Crippen LogP contribution in [-0.2, 0) is 4.79 Å². The van der Waals surface area contributed by atoms with Gasteiger partial charge in [0, 0.05) is 12.5 Å². The molecule has 1 heterocycles. The van der Waals surface area contributed by atoms with Crippen LogP contribution in [0.1, 0.15) is 13.3 Å². The first-order chi connectivity index (χ1) is 3.22. The van der Waals surface area contributed by atoms with Crippen LogP contribution in [0.5, 0.6) is 0 Å². The van der Waals surface area contributed by atoms with Gasteiger partial charge in [-0.3, -0.25) is 8.72 Å². The molecule has 1 unspecified atom stereocenters. The number of nitrogens with zero attached hydrogens (tertiary/aromatic N) is 1. The molecule has 0 aromatic heterocycles. The summed E-state index contributed by atoms with van der Waals surface area (Å²) >= 11 is 3.07. The van der Waals surface area contributed by atoms with Crippen molar-refractivity contribution in [1.29, 1.82) is 0 Å². The van der Waals surface area contributed by atoms with Crippen molar-refractivity contribution < 1.29 is 4.79 Å². The van der Waals surface area contributed by atoms with Crippen molar-refractivity contribution >= 4 is 22.1 Å². The SMILES string of the molecule is CC1CC(=O)N1Br. The van der Waals surface area contributed by atoms with Crippen LogP contribution in [0, 0.1) is 0 Å².